The van der Waals surface area contributed by atoms with Gasteiger partial charge in [-0.05, 0) is 43.2 Å². The number of nitrogens with one attached hydrogen (secondary N) is 1. The van der Waals surface area contributed by atoms with E-state index >= 15 is 0 Å². The van der Waals surface area contributed by atoms with Crippen molar-refractivity contribution in [2.24, 2.45) is 0 Å². The molecule has 3 aromatic rings. The lowest BCUT2D eigenvalue weighted by atomic mass is 10.1. The van der Waals surface area contributed by atoms with Gasteiger partial charge in [-0.15, -0.1) is 0 Å². The molecule has 0 fully saturated rings. The molecule has 0 unspecified atom stereocenters. The number of fused-ring (bicyclic) bond motifs is 1. The Hall–Kier alpha value is -2.75. The van der Waals surface area contributed by atoms with Gasteiger partial charge in [-0.3, -0.25) is 0 Å². The molecule has 1 N–H and O–H groups in total. The maximum atomic E-state index is 11.4. The smallest absolute Gasteiger partial charge is 0.336 e. The van der Waals surface area contributed by atoms with Gasteiger partial charge in [0.2, 0.25) is 0 Å². The van der Waals surface area contributed by atoms with Crippen molar-refractivity contribution in [2.45, 2.75) is 13.8 Å². The molecule has 0 saturated heterocycles. The van der Waals surface area contributed by atoms with Crippen LogP contribution < -0.4 is 15.7 Å². The average molecular weight is 309 g/mol. The van der Waals surface area contributed by atoms with Crippen LogP contribution in [0.25, 0.3) is 11.0 Å². The molecule has 2 aromatic carbocycles. The fourth-order valence-corrected chi connectivity index (χ4v) is 2.52. The number of para-hydroxylation sites is 1. The Morgan fingerprint density at radius 1 is 1.04 bits per heavy atom. The van der Waals surface area contributed by atoms with Crippen LogP contribution in [0.2, 0.25) is 0 Å². The number of ether oxygens (including phenoxy) is 1. The second-order valence-corrected chi connectivity index (χ2v) is 5.50. The number of anilines is 1. The average Bonchev–Trinajstić information content (AvgIpc) is 2.52. The fourth-order valence-electron chi connectivity index (χ4n) is 2.52. The summed E-state index contributed by atoms with van der Waals surface area (Å²) in [6.45, 7) is 5.18. The van der Waals surface area contributed by atoms with E-state index in [4.69, 9.17) is 9.15 Å². The molecule has 0 saturated carbocycles. The first-order valence-corrected chi connectivity index (χ1v) is 7.60. The highest BCUT2D eigenvalue weighted by Gasteiger charge is 2.04. The third-order valence-electron chi connectivity index (χ3n) is 3.75. The zero-order valence-electron chi connectivity index (χ0n) is 13.3. The summed E-state index contributed by atoms with van der Waals surface area (Å²) in [4.78, 5) is 11.4. The maximum Gasteiger partial charge on any atom is 0.336 e. The van der Waals surface area contributed by atoms with Crippen LogP contribution in [0.5, 0.6) is 5.75 Å². The molecule has 4 heteroatoms. The lowest BCUT2D eigenvalue weighted by molar-refractivity contribution is 0.332. The molecule has 0 amide bonds. The predicted octanol–water partition coefficient (Wildman–Crippen LogP) is 3.90. The van der Waals surface area contributed by atoms with Crippen molar-refractivity contribution in [1.82, 2.24) is 0 Å². The van der Waals surface area contributed by atoms with Crippen molar-refractivity contribution >= 4 is 16.7 Å². The molecule has 118 valence electrons. The van der Waals surface area contributed by atoms with Crippen LogP contribution >= 0.6 is 0 Å². The SMILES string of the molecule is Cc1ccccc1NCCOc1ccc2c(C)cc(=O)oc2c1. The minimum Gasteiger partial charge on any atom is -0.492 e. The number of aryl methyl sites for hydroxylation is 2. The Kier molecular flexibility index (Phi) is 4.33. The van der Waals surface area contributed by atoms with Crippen LogP contribution in [0.15, 0.2) is 57.7 Å². The maximum absolute atomic E-state index is 11.4. The lowest BCUT2D eigenvalue weighted by Gasteiger charge is -2.11. The zero-order valence-corrected chi connectivity index (χ0v) is 13.3. The molecule has 0 aliphatic rings. The van der Waals surface area contributed by atoms with Gasteiger partial charge < -0.3 is 14.5 Å². The van der Waals surface area contributed by atoms with Crippen LogP contribution in [0.3, 0.4) is 0 Å². The van der Waals surface area contributed by atoms with Crippen molar-refractivity contribution in [1.29, 1.82) is 0 Å². The first-order chi connectivity index (χ1) is 11.1. The molecule has 23 heavy (non-hydrogen) atoms. The summed E-state index contributed by atoms with van der Waals surface area (Å²) in [6.07, 6.45) is 0. The summed E-state index contributed by atoms with van der Waals surface area (Å²) in [5.74, 6) is 0.692. The Balaban J connectivity index is 1.63. The van der Waals surface area contributed by atoms with E-state index in [0.29, 0.717) is 24.5 Å². The van der Waals surface area contributed by atoms with Gasteiger partial charge in [-0.1, -0.05) is 18.2 Å². The van der Waals surface area contributed by atoms with E-state index < -0.39 is 0 Å². The molecule has 0 spiro atoms. The van der Waals surface area contributed by atoms with Gasteiger partial charge in [-0.25, -0.2) is 4.79 Å². The van der Waals surface area contributed by atoms with Crippen LogP contribution in [0, 0.1) is 13.8 Å². The van der Waals surface area contributed by atoms with Crippen molar-refractivity contribution in [3.8, 4) is 5.75 Å². The van der Waals surface area contributed by atoms with E-state index in [0.717, 1.165) is 16.6 Å². The molecule has 1 heterocycles. The standard InChI is InChI=1S/C19H19NO3/c1-13-5-3-4-6-17(13)20-9-10-22-15-7-8-16-14(2)11-19(21)23-18(16)12-15/h3-8,11-12,20H,9-10H2,1-2H3. The lowest BCUT2D eigenvalue weighted by Crippen LogP contribution is -2.12. The van der Waals surface area contributed by atoms with Crippen molar-refractivity contribution in [3.05, 3.63) is 70.1 Å². The summed E-state index contributed by atoms with van der Waals surface area (Å²) in [6, 6.07) is 15.2. The summed E-state index contributed by atoms with van der Waals surface area (Å²) < 4.78 is 11.0. The molecule has 3 rings (SSSR count). The van der Waals surface area contributed by atoms with Crippen LogP contribution in [0.4, 0.5) is 5.69 Å². The molecule has 0 radical (unpaired) electrons. The quantitative estimate of drug-likeness (QED) is 0.573. The zero-order chi connectivity index (χ0) is 16.2. The first-order valence-electron chi connectivity index (χ1n) is 7.60. The molecule has 4 nitrogen and oxygen atoms in total. The minimum absolute atomic E-state index is 0.339. The Labute approximate surface area is 134 Å². The molecule has 0 aliphatic carbocycles. The molecular formula is C19H19NO3. The predicted molar refractivity (Wildman–Crippen MR) is 92.4 cm³/mol. The molecule has 1 aromatic heterocycles. The first kappa shape index (κ1) is 15.2. The second kappa shape index (κ2) is 6.57. The third-order valence-corrected chi connectivity index (χ3v) is 3.75. The van der Waals surface area contributed by atoms with Gasteiger partial charge in [0.1, 0.15) is 17.9 Å². The molecule has 0 aliphatic heterocycles. The topological polar surface area (TPSA) is 51.5 Å². The fraction of sp³-hybridized carbons (Fsp3) is 0.211. The summed E-state index contributed by atoms with van der Waals surface area (Å²) in [7, 11) is 0. The van der Waals surface area contributed by atoms with Gasteiger partial charge in [0.05, 0.1) is 0 Å². The van der Waals surface area contributed by atoms with Gasteiger partial charge in [0.15, 0.2) is 0 Å². The molecular weight excluding hydrogens is 290 g/mol. The summed E-state index contributed by atoms with van der Waals surface area (Å²) in [5, 5.41) is 4.27. The van der Waals surface area contributed by atoms with Gasteiger partial charge >= 0.3 is 5.63 Å². The Morgan fingerprint density at radius 3 is 2.70 bits per heavy atom. The van der Waals surface area contributed by atoms with E-state index in [2.05, 4.69) is 18.3 Å². The highest BCUT2D eigenvalue weighted by molar-refractivity contribution is 5.81. The highest BCUT2D eigenvalue weighted by Crippen LogP contribution is 2.22. The Bertz CT molecular complexity index is 883. The number of hydrogen-bond acceptors (Lipinski definition) is 4. The van der Waals surface area contributed by atoms with Crippen LogP contribution in [-0.2, 0) is 0 Å². The monoisotopic (exact) mass is 309 g/mol. The van der Waals surface area contributed by atoms with Crippen LogP contribution in [-0.4, -0.2) is 13.2 Å². The molecule has 0 bridgehead atoms. The summed E-state index contributed by atoms with van der Waals surface area (Å²) >= 11 is 0. The van der Waals surface area contributed by atoms with Crippen molar-refractivity contribution in [2.75, 3.05) is 18.5 Å². The van der Waals surface area contributed by atoms with E-state index in [1.54, 1.807) is 6.07 Å². The Morgan fingerprint density at radius 2 is 1.87 bits per heavy atom. The van der Waals surface area contributed by atoms with E-state index in [1.165, 1.54) is 11.6 Å². The van der Waals surface area contributed by atoms with E-state index in [1.807, 2.05) is 37.3 Å². The summed E-state index contributed by atoms with van der Waals surface area (Å²) in [5.41, 5.74) is 3.43. The minimum atomic E-state index is -0.339. The van der Waals surface area contributed by atoms with Gasteiger partial charge in [-0.2, -0.15) is 0 Å². The van der Waals surface area contributed by atoms with Crippen LogP contribution in [0.1, 0.15) is 11.1 Å². The van der Waals surface area contributed by atoms with Gasteiger partial charge in [0, 0.05) is 29.8 Å². The van der Waals surface area contributed by atoms with E-state index in [-0.39, 0.29) is 5.63 Å². The largest absolute Gasteiger partial charge is 0.492 e. The number of rotatable bonds is 5. The van der Waals surface area contributed by atoms with Crippen molar-refractivity contribution < 1.29 is 9.15 Å². The van der Waals surface area contributed by atoms with E-state index in [9.17, 15) is 4.79 Å². The van der Waals surface area contributed by atoms with Crippen molar-refractivity contribution in [3.63, 3.8) is 0 Å². The molecule has 0 atom stereocenters. The number of hydrogen-bond donors (Lipinski definition) is 1. The highest BCUT2D eigenvalue weighted by atomic mass is 16.5. The normalized spacial score (nSPS) is 10.7. The van der Waals surface area contributed by atoms with Gasteiger partial charge in [0.25, 0.3) is 0 Å². The number of benzene rings is 2. The third kappa shape index (κ3) is 3.54. The second-order valence-electron chi connectivity index (χ2n) is 5.50.